The van der Waals surface area contributed by atoms with Crippen LogP contribution >= 0.6 is 0 Å². The van der Waals surface area contributed by atoms with Gasteiger partial charge in [0.2, 0.25) is 5.91 Å². The van der Waals surface area contributed by atoms with Crippen LogP contribution in [0.4, 0.5) is 0 Å². The number of nitrogens with one attached hydrogen (secondary N) is 1. The molecule has 1 rings (SSSR count). The first-order valence-electron chi connectivity index (χ1n) is 6.43. The molecule has 0 fully saturated rings. The zero-order valence-corrected chi connectivity index (χ0v) is 10.5. The monoisotopic (exact) mass is 232 g/mol. The number of rotatable bonds is 8. The maximum atomic E-state index is 11.5. The lowest BCUT2D eigenvalue weighted by Gasteiger charge is -2.05. The summed E-state index contributed by atoms with van der Waals surface area (Å²) in [5, 5.41) is 2.94. The molecule has 1 aromatic carbocycles. The molecule has 1 N–H and O–H groups in total. The van der Waals surface area contributed by atoms with Crippen molar-refractivity contribution in [3.05, 3.63) is 42.8 Å². The summed E-state index contributed by atoms with van der Waals surface area (Å²) in [5.74, 6) is 0.156. The standard InChI is InChI=1S/C15H22NO/c1-2-3-4-5-9-12-15(17)16-13-14-10-7-6-8-11-14/h6-8,10-11H,1-5,9,12-13H2,(H,16,17). The number of amides is 1. The van der Waals surface area contributed by atoms with Crippen molar-refractivity contribution >= 4 is 5.91 Å². The van der Waals surface area contributed by atoms with E-state index < -0.39 is 0 Å². The number of carbonyl (C=O) groups is 1. The van der Waals surface area contributed by atoms with Crippen molar-refractivity contribution in [3.8, 4) is 0 Å². The van der Waals surface area contributed by atoms with Crippen LogP contribution in [0.1, 0.15) is 44.1 Å². The molecule has 0 aliphatic carbocycles. The Morgan fingerprint density at radius 1 is 1.06 bits per heavy atom. The van der Waals surface area contributed by atoms with E-state index in [1.807, 2.05) is 30.3 Å². The third-order valence-corrected chi connectivity index (χ3v) is 2.74. The molecule has 1 amide bonds. The van der Waals surface area contributed by atoms with Crippen molar-refractivity contribution in [2.24, 2.45) is 0 Å². The summed E-state index contributed by atoms with van der Waals surface area (Å²) < 4.78 is 0. The summed E-state index contributed by atoms with van der Waals surface area (Å²) in [6, 6.07) is 10.00. The predicted octanol–water partition coefficient (Wildman–Crippen LogP) is 3.48. The molecule has 2 heteroatoms. The summed E-state index contributed by atoms with van der Waals surface area (Å²) in [6.45, 7) is 4.44. The van der Waals surface area contributed by atoms with E-state index in [0.29, 0.717) is 13.0 Å². The lowest BCUT2D eigenvalue weighted by molar-refractivity contribution is -0.121. The fourth-order valence-corrected chi connectivity index (χ4v) is 1.70. The first-order chi connectivity index (χ1) is 8.33. The summed E-state index contributed by atoms with van der Waals surface area (Å²) in [5.41, 5.74) is 1.15. The minimum absolute atomic E-state index is 0.156. The number of hydrogen-bond acceptors (Lipinski definition) is 1. The summed E-state index contributed by atoms with van der Waals surface area (Å²) in [6.07, 6.45) is 6.13. The average molecular weight is 232 g/mol. The third kappa shape index (κ3) is 6.77. The van der Waals surface area contributed by atoms with Crippen molar-refractivity contribution in [3.63, 3.8) is 0 Å². The molecule has 2 nitrogen and oxygen atoms in total. The highest BCUT2D eigenvalue weighted by Crippen LogP contribution is 2.05. The number of hydrogen-bond donors (Lipinski definition) is 1. The van der Waals surface area contributed by atoms with Crippen molar-refractivity contribution in [2.75, 3.05) is 0 Å². The second-order valence-corrected chi connectivity index (χ2v) is 4.28. The van der Waals surface area contributed by atoms with Gasteiger partial charge >= 0.3 is 0 Å². The Morgan fingerprint density at radius 2 is 1.76 bits per heavy atom. The molecule has 0 bridgehead atoms. The molecule has 0 atom stereocenters. The van der Waals surface area contributed by atoms with Gasteiger partial charge in [0.15, 0.2) is 0 Å². The lowest BCUT2D eigenvalue weighted by Crippen LogP contribution is -2.22. The highest BCUT2D eigenvalue weighted by molar-refractivity contribution is 5.75. The summed E-state index contributed by atoms with van der Waals surface area (Å²) >= 11 is 0. The van der Waals surface area contributed by atoms with E-state index in [1.165, 1.54) is 12.8 Å². The minimum atomic E-state index is 0.156. The lowest BCUT2D eigenvalue weighted by atomic mass is 10.1. The average Bonchev–Trinajstić information content (AvgIpc) is 2.37. The van der Waals surface area contributed by atoms with E-state index in [-0.39, 0.29) is 5.91 Å². The molecule has 1 aromatic rings. The fraction of sp³-hybridized carbons (Fsp3) is 0.467. The van der Waals surface area contributed by atoms with Crippen molar-refractivity contribution in [2.45, 2.75) is 45.1 Å². The molecule has 0 saturated carbocycles. The van der Waals surface area contributed by atoms with E-state index in [2.05, 4.69) is 12.2 Å². The van der Waals surface area contributed by atoms with Crippen LogP contribution in [0, 0.1) is 6.92 Å². The highest BCUT2D eigenvalue weighted by Gasteiger charge is 2.00. The van der Waals surface area contributed by atoms with E-state index in [0.717, 1.165) is 24.8 Å². The van der Waals surface area contributed by atoms with Gasteiger partial charge in [0.1, 0.15) is 0 Å². The van der Waals surface area contributed by atoms with Crippen molar-refractivity contribution < 1.29 is 4.79 Å². The molecule has 17 heavy (non-hydrogen) atoms. The number of benzene rings is 1. The van der Waals surface area contributed by atoms with Gasteiger partial charge in [-0.05, 0) is 12.0 Å². The molecular weight excluding hydrogens is 210 g/mol. The second-order valence-electron chi connectivity index (χ2n) is 4.28. The zero-order valence-electron chi connectivity index (χ0n) is 10.5. The maximum absolute atomic E-state index is 11.5. The molecule has 0 aromatic heterocycles. The smallest absolute Gasteiger partial charge is 0.220 e. The van der Waals surface area contributed by atoms with E-state index in [1.54, 1.807) is 0 Å². The Morgan fingerprint density at radius 3 is 2.47 bits per heavy atom. The Kier molecular flexibility index (Phi) is 7.12. The van der Waals surface area contributed by atoms with Crippen LogP contribution in [0.15, 0.2) is 30.3 Å². The predicted molar refractivity (Wildman–Crippen MR) is 71.3 cm³/mol. The van der Waals surface area contributed by atoms with Gasteiger partial charge in [0.05, 0.1) is 0 Å². The van der Waals surface area contributed by atoms with Crippen LogP contribution < -0.4 is 5.32 Å². The number of unbranched alkanes of at least 4 members (excludes halogenated alkanes) is 4. The van der Waals surface area contributed by atoms with Gasteiger partial charge in [-0.1, -0.05) is 62.9 Å². The SMILES string of the molecule is [CH2]CCCCCCC(=O)NCc1ccccc1. The molecule has 0 aliphatic heterocycles. The van der Waals surface area contributed by atoms with Gasteiger partial charge in [-0.15, -0.1) is 0 Å². The Labute approximate surface area is 104 Å². The Balaban J connectivity index is 2.05. The van der Waals surface area contributed by atoms with E-state index in [9.17, 15) is 4.79 Å². The van der Waals surface area contributed by atoms with E-state index >= 15 is 0 Å². The molecule has 93 valence electrons. The second kappa shape index (κ2) is 8.80. The normalized spacial score (nSPS) is 10.2. The maximum Gasteiger partial charge on any atom is 0.220 e. The summed E-state index contributed by atoms with van der Waals surface area (Å²) in [7, 11) is 0. The van der Waals surface area contributed by atoms with Gasteiger partial charge in [0, 0.05) is 13.0 Å². The van der Waals surface area contributed by atoms with Crippen molar-refractivity contribution in [1.82, 2.24) is 5.32 Å². The molecular formula is C15H22NO. The first-order valence-corrected chi connectivity index (χ1v) is 6.43. The Hall–Kier alpha value is -1.31. The van der Waals surface area contributed by atoms with Crippen LogP contribution in [0.3, 0.4) is 0 Å². The Bertz CT molecular complexity index is 308. The summed E-state index contributed by atoms with van der Waals surface area (Å²) in [4.78, 5) is 11.5. The molecule has 1 radical (unpaired) electrons. The van der Waals surface area contributed by atoms with Crippen LogP contribution in [-0.4, -0.2) is 5.91 Å². The van der Waals surface area contributed by atoms with Crippen molar-refractivity contribution in [1.29, 1.82) is 0 Å². The van der Waals surface area contributed by atoms with Crippen LogP contribution in [0.25, 0.3) is 0 Å². The molecule has 0 heterocycles. The van der Waals surface area contributed by atoms with Crippen LogP contribution in [0.2, 0.25) is 0 Å². The first kappa shape index (κ1) is 13.8. The molecule has 0 aliphatic rings. The van der Waals surface area contributed by atoms with Gasteiger partial charge in [-0.2, -0.15) is 0 Å². The molecule has 0 saturated heterocycles. The largest absolute Gasteiger partial charge is 0.352 e. The van der Waals surface area contributed by atoms with Gasteiger partial charge in [0.25, 0.3) is 0 Å². The van der Waals surface area contributed by atoms with Gasteiger partial charge in [-0.3, -0.25) is 4.79 Å². The quantitative estimate of drug-likeness (QED) is 0.683. The topological polar surface area (TPSA) is 29.1 Å². The molecule has 0 spiro atoms. The van der Waals surface area contributed by atoms with Crippen LogP contribution in [0.5, 0.6) is 0 Å². The van der Waals surface area contributed by atoms with Gasteiger partial charge < -0.3 is 5.32 Å². The zero-order chi connectivity index (χ0) is 12.3. The van der Waals surface area contributed by atoms with Crippen LogP contribution in [-0.2, 0) is 11.3 Å². The number of carbonyl (C=O) groups excluding carboxylic acids is 1. The molecule has 0 unspecified atom stereocenters. The van der Waals surface area contributed by atoms with Gasteiger partial charge in [-0.25, -0.2) is 0 Å². The minimum Gasteiger partial charge on any atom is -0.352 e. The van der Waals surface area contributed by atoms with E-state index in [4.69, 9.17) is 0 Å². The third-order valence-electron chi connectivity index (χ3n) is 2.74. The highest BCUT2D eigenvalue weighted by atomic mass is 16.1. The fourth-order valence-electron chi connectivity index (χ4n) is 1.70.